The van der Waals surface area contributed by atoms with Gasteiger partial charge in [0.2, 0.25) is 5.91 Å². The summed E-state index contributed by atoms with van der Waals surface area (Å²) in [5.41, 5.74) is 3.13. The van der Waals surface area contributed by atoms with Gasteiger partial charge in [-0.2, -0.15) is 0 Å². The van der Waals surface area contributed by atoms with Crippen molar-refractivity contribution in [1.29, 1.82) is 0 Å². The number of carbonyl (C=O) groups is 2. The van der Waals surface area contributed by atoms with E-state index in [1.165, 1.54) is 0 Å². The third-order valence-electron chi connectivity index (χ3n) is 4.51. The van der Waals surface area contributed by atoms with Crippen molar-refractivity contribution in [3.8, 4) is 0 Å². The molecular weight excluding hydrogens is 280 g/mol. The van der Waals surface area contributed by atoms with Crippen LogP contribution in [0.1, 0.15) is 43.4 Å². The molecule has 0 radical (unpaired) electrons. The minimum absolute atomic E-state index is 0.0276. The Balaban J connectivity index is 2.01. The van der Waals surface area contributed by atoms with E-state index in [1.807, 2.05) is 26.0 Å². The maximum Gasteiger partial charge on any atom is 0.328 e. The molecular formula is C17H22N2O3. The number of hydrogen-bond donors (Lipinski definition) is 2. The number of amides is 1. The summed E-state index contributed by atoms with van der Waals surface area (Å²) in [6.45, 7) is 4.21. The molecule has 1 aromatic rings. The Hall–Kier alpha value is -2.04. The molecule has 1 amide bonds. The number of nitrogens with one attached hydrogen (secondary N) is 2. The van der Waals surface area contributed by atoms with Crippen molar-refractivity contribution in [3.05, 3.63) is 29.3 Å². The minimum atomic E-state index is -0.404. The van der Waals surface area contributed by atoms with Gasteiger partial charge in [0.25, 0.3) is 0 Å². The molecule has 1 fully saturated rings. The Kier molecular flexibility index (Phi) is 4.05. The molecule has 2 heterocycles. The Morgan fingerprint density at radius 3 is 2.95 bits per heavy atom. The largest absolute Gasteiger partial charge is 0.464 e. The highest BCUT2D eigenvalue weighted by Gasteiger charge is 2.42. The lowest BCUT2D eigenvalue weighted by Gasteiger charge is -2.38. The quantitative estimate of drug-likeness (QED) is 0.823. The number of esters is 1. The third-order valence-corrected chi connectivity index (χ3v) is 4.51. The predicted molar refractivity (Wildman–Crippen MR) is 83.4 cm³/mol. The first-order chi connectivity index (χ1) is 10.6. The Labute approximate surface area is 130 Å². The molecule has 5 nitrogen and oxygen atoms in total. The van der Waals surface area contributed by atoms with Crippen molar-refractivity contribution in [1.82, 2.24) is 5.32 Å². The van der Waals surface area contributed by atoms with E-state index < -0.39 is 6.04 Å². The number of carbonyl (C=O) groups excluding carboxylic acids is 2. The second-order valence-electron chi connectivity index (χ2n) is 6.07. The molecule has 2 aliphatic heterocycles. The zero-order valence-electron chi connectivity index (χ0n) is 13.0. The van der Waals surface area contributed by atoms with Crippen LogP contribution in [0, 0.1) is 12.8 Å². The highest BCUT2D eigenvalue weighted by Crippen LogP contribution is 2.41. The fourth-order valence-corrected chi connectivity index (χ4v) is 3.50. The maximum atomic E-state index is 12.3. The lowest BCUT2D eigenvalue weighted by Crippen LogP contribution is -2.48. The molecule has 3 atom stereocenters. The fourth-order valence-electron chi connectivity index (χ4n) is 3.50. The molecule has 0 bridgehead atoms. The Morgan fingerprint density at radius 1 is 1.36 bits per heavy atom. The summed E-state index contributed by atoms with van der Waals surface area (Å²) in [5.74, 6) is -0.149. The van der Waals surface area contributed by atoms with Crippen LogP contribution < -0.4 is 10.6 Å². The van der Waals surface area contributed by atoms with Crippen LogP contribution >= 0.6 is 0 Å². The van der Waals surface area contributed by atoms with E-state index in [0.717, 1.165) is 29.7 Å². The first kappa shape index (κ1) is 14.9. The summed E-state index contributed by atoms with van der Waals surface area (Å²) >= 11 is 0. The number of rotatable bonds is 2. The van der Waals surface area contributed by atoms with E-state index in [1.54, 1.807) is 0 Å². The third kappa shape index (κ3) is 2.67. The molecule has 5 heteroatoms. The topological polar surface area (TPSA) is 67.4 Å². The first-order valence-electron chi connectivity index (χ1n) is 7.93. The zero-order valence-corrected chi connectivity index (χ0v) is 13.0. The van der Waals surface area contributed by atoms with Gasteiger partial charge in [-0.3, -0.25) is 4.79 Å². The van der Waals surface area contributed by atoms with Gasteiger partial charge in [-0.15, -0.1) is 0 Å². The van der Waals surface area contributed by atoms with E-state index in [9.17, 15) is 9.59 Å². The minimum Gasteiger partial charge on any atom is -0.464 e. The van der Waals surface area contributed by atoms with E-state index in [2.05, 4.69) is 16.7 Å². The van der Waals surface area contributed by atoms with Gasteiger partial charge in [0, 0.05) is 18.0 Å². The van der Waals surface area contributed by atoms with Crippen molar-refractivity contribution in [2.24, 2.45) is 5.92 Å². The van der Waals surface area contributed by atoms with Gasteiger partial charge in [0.1, 0.15) is 6.04 Å². The highest BCUT2D eigenvalue weighted by atomic mass is 16.5. The molecule has 2 aliphatic rings. The monoisotopic (exact) mass is 302 g/mol. The van der Waals surface area contributed by atoms with Crippen LogP contribution in [0.25, 0.3) is 0 Å². The van der Waals surface area contributed by atoms with Gasteiger partial charge in [0.05, 0.1) is 12.6 Å². The highest BCUT2D eigenvalue weighted by molar-refractivity contribution is 5.83. The van der Waals surface area contributed by atoms with Gasteiger partial charge >= 0.3 is 5.97 Å². The number of ether oxygens (including phenoxy) is 1. The average molecular weight is 302 g/mol. The van der Waals surface area contributed by atoms with E-state index in [4.69, 9.17) is 4.74 Å². The zero-order chi connectivity index (χ0) is 15.7. The summed E-state index contributed by atoms with van der Waals surface area (Å²) in [6, 6.07) is 5.54. The number of aryl methyl sites for hydroxylation is 1. The molecule has 0 aromatic heterocycles. The summed E-state index contributed by atoms with van der Waals surface area (Å²) in [7, 11) is 0. The molecule has 0 unspecified atom stereocenters. The van der Waals surface area contributed by atoms with Crippen LogP contribution in [0.2, 0.25) is 0 Å². The lowest BCUT2D eigenvalue weighted by molar-refractivity contribution is -0.146. The molecule has 2 N–H and O–H groups in total. The van der Waals surface area contributed by atoms with Crippen LogP contribution in [0.15, 0.2) is 18.2 Å². The Morgan fingerprint density at radius 2 is 2.18 bits per heavy atom. The average Bonchev–Trinajstić information content (AvgIpc) is 2.68. The number of hydrogen-bond acceptors (Lipinski definition) is 4. The summed E-state index contributed by atoms with van der Waals surface area (Å²) < 4.78 is 5.22. The summed E-state index contributed by atoms with van der Waals surface area (Å²) in [4.78, 5) is 24.3. The van der Waals surface area contributed by atoms with Crippen molar-refractivity contribution in [2.75, 3.05) is 11.9 Å². The van der Waals surface area contributed by atoms with Gasteiger partial charge in [-0.1, -0.05) is 17.7 Å². The molecule has 3 rings (SSSR count). The SMILES string of the molecule is CCOC(=O)[C@H]1Nc2ccc(C)cc2[C@H]2NC(=O)CCC[C@@H]12. The molecule has 118 valence electrons. The van der Waals surface area contributed by atoms with Crippen molar-refractivity contribution >= 4 is 17.6 Å². The van der Waals surface area contributed by atoms with Gasteiger partial charge < -0.3 is 15.4 Å². The molecule has 22 heavy (non-hydrogen) atoms. The molecule has 0 aliphatic carbocycles. The van der Waals surface area contributed by atoms with E-state index in [0.29, 0.717) is 13.0 Å². The molecule has 1 aromatic carbocycles. The van der Waals surface area contributed by atoms with Gasteiger partial charge in [0.15, 0.2) is 0 Å². The van der Waals surface area contributed by atoms with Crippen molar-refractivity contribution in [2.45, 2.75) is 45.2 Å². The van der Waals surface area contributed by atoms with Crippen LogP contribution in [-0.4, -0.2) is 24.5 Å². The first-order valence-corrected chi connectivity index (χ1v) is 7.93. The van der Waals surface area contributed by atoms with Crippen molar-refractivity contribution < 1.29 is 14.3 Å². The molecule has 0 spiro atoms. The van der Waals surface area contributed by atoms with Crippen molar-refractivity contribution in [3.63, 3.8) is 0 Å². The van der Waals surface area contributed by atoms with Crippen LogP contribution in [-0.2, 0) is 14.3 Å². The molecule has 0 saturated carbocycles. The summed E-state index contributed by atoms with van der Waals surface area (Å²) in [5, 5.41) is 6.43. The lowest BCUT2D eigenvalue weighted by atomic mass is 9.80. The number of benzene rings is 1. The second-order valence-corrected chi connectivity index (χ2v) is 6.07. The predicted octanol–water partition coefficient (Wildman–Crippen LogP) is 2.31. The second kappa shape index (κ2) is 5.99. The number of fused-ring (bicyclic) bond motifs is 3. The standard InChI is InChI=1S/C17H22N2O3/c1-3-22-17(21)16-11-5-4-6-14(20)19-15(11)12-9-10(2)7-8-13(12)18-16/h7-9,11,15-16,18H,3-6H2,1-2H3,(H,19,20)/t11-,15+,16+/m1/s1. The normalized spacial score (nSPS) is 26.8. The van der Waals surface area contributed by atoms with Gasteiger partial charge in [-0.25, -0.2) is 4.79 Å². The summed E-state index contributed by atoms with van der Waals surface area (Å²) in [6.07, 6.45) is 2.14. The van der Waals surface area contributed by atoms with Crippen LogP contribution in [0.3, 0.4) is 0 Å². The van der Waals surface area contributed by atoms with Gasteiger partial charge in [-0.05, 0) is 38.3 Å². The maximum absolute atomic E-state index is 12.3. The number of anilines is 1. The van der Waals surface area contributed by atoms with E-state index in [-0.39, 0.29) is 23.8 Å². The Bertz CT molecular complexity index is 600. The smallest absolute Gasteiger partial charge is 0.328 e. The van der Waals surface area contributed by atoms with E-state index >= 15 is 0 Å². The fraction of sp³-hybridized carbons (Fsp3) is 0.529. The molecule has 1 saturated heterocycles. The van der Waals surface area contributed by atoms with Crippen LogP contribution in [0.4, 0.5) is 5.69 Å². The van der Waals surface area contributed by atoms with Crippen LogP contribution in [0.5, 0.6) is 0 Å².